The highest BCUT2D eigenvalue weighted by Crippen LogP contribution is 2.25. The fourth-order valence-electron chi connectivity index (χ4n) is 2.29. The highest BCUT2D eigenvalue weighted by molar-refractivity contribution is 5.20. The van der Waals surface area contributed by atoms with Crippen LogP contribution in [-0.4, -0.2) is 18.1 Å². The summed E-state index contributed by atoms with van der Waals surface area (Å²) in [4.78, 5) is 4.26. The van der Waals surface area contributed by atoms with Gasteiger partial charge in [-0.15, -0.1) is 0 Å². The number of nitrogens with zero attached hydrogens (tertiary/aromatic N) is 1. The molecule has 0 spiro atoms. The first-order valence-corrected chi connectivity index (χ1v) is 6.67. The molecule has 1 fully saturated rings. The van der Waals surface area contributed by atoms with Crippen molar-refractivity contribution in [2.24, 2.45) is 5.92 Å². The fourth-order valence-corrected chi connectivity index (χ4v) is 2.29. The van der Waals surface area contributed by atoms with E-state index in [0.29, 0.717) is 0 Å². The fraction of sp³-hybridized carbons (Fsp3) is 0.643. The third-order valence-corrected chi connectivity index (χ3v) is 3.32. The third-order valence-electron chi connectivity index (χ3n) is 3.32. The number of ether oxygens (including phenoxy) is 1. The summed E-state index contributed by atoms with van der Waals surface area (Å²) >= 11 is 0. The zero-order chi connectivity index (χ0) is 11.9. The van der Waals surface area contributed by atoms with E-state index < -0.39 is 0 Å². The molecule has 1 heterocycles. The lowest BCUT2D eigenvalue weighted by atomic mass is 10.1. The minimum atomic E-state index is 0.745. The first-order chi connectivity index (χ1) is 8.38. The Morgan fingerprint density at radius 1 is 1.41 bits per heavy atom. The molecular formula is C14H22N2O. The van der Waals surface area contributed by atoms with Crippen LogP contribution in [0.15, 0.2) is 18.3 Å². The van der Waals surface area contributed by atoms with Crippen LogP contribution in [0, 0.1) is 5.92 Å². The van der Waals surface area contributed by atoms with Crippen LogP contribution in [0.3, 0.4) is 0 Å². The second-order valence-corrected chi connectivity index (χ2v) is 4.74. The maximum atomic E-state index is 5.77. The molecule has 3 nitrogen and oxygen atoms in total. The number of aromatic nitrogens is 1. The van der Waals surface area contributed by atoms with Gasteiger partial charge >= 0.3 is 0 Å². The lowest BCUT2D eigenvalue weighted by Crippen LogP contribution is -2.12. The molecule has 1 aliphatic carbocycles. The number of hydrogen-bond acceptors (Lipinski definition) is 3. The van der Waals surface area contributed by atoms with E-state index in [1.807, 2.05) is 18.3 Å². The Morgan fingerprint density at radius 2 is 2.24 bits per heavy atom. The molecule has 0 atom stereocenters. The van der Waals surface area contributed by atoms with E-state index >= 15 is 0 Å². The molecule has 17 heavy (non-hydrogen) atoms. The molecule has 1 aromatic heterocycles. The van der Waals surface area contributed by atoms with Crippen LogP contribution in [0.2, 0.25) is 0 Å². The summed E-state index contributed by atoms with van der Waals surface area (Å²) in [6.45, 7) is 4.82. The van der Waals surface area contributed by atoms with Gasteiger partial charge in [-0.2, -0.15) is 0 Å². The lowest BCUT2D eigenvalue weighted by Gasteiger charge is -2.11. The Morgan fingerprint density at radius 3 is 3.00 bits per heavy atom. The van der Waals surface area contributed by atoms with E-state index in [9.17, 15) is 0 Å². The Bertz CT molecular complexity index is 335. The summed E-state index contributed by atoms with van der Waals surface area (Å²) in [5.74, 6) is 1.52. The highest BCUT2D eigenvalue weighted by atomic mass is 16.5. The van der Waals surface area contributed by atoms with Gasteiger partial charge in [0.25, 0.3) is 0 Å². The number of nitrogens with one attached hydrogen (secondary N) is 1. The summed E-state index contributed by atoms with van der Waals surface area (Å²) in [6.07, 6.45) is 7.19. The SMILES string of the molecule is CCNCc1ccnc(OCC2CCCC2)c1. The van der Waals surface area contributed by atoms with Crippen molar-refractivity contribution in [2.45, 2.75) is 39.2 Å². The van der Waals surface area contributed by atoms with Crippen molar-refractivity contribution in [1.29, 1.82) is 0 Å². The molecule has 0 radical (unpaired) electrons. The Kier molecular flexibility index (Phi) is 4.80. The number of hydrogen-bond donors (Lipinski definition) is 1. The first kappa shape index (κ1) is 12.4. The van der Waals surface area contributed by atoms with Gasteiger partial charge in [0.1, 0.15) is 0 Å². The van der Waals surface area contributed by atoms with Crippen LogP contribution in [0.5, 0.6) is 5.88 Å². The van der Waals surface area contributed by atoms with Crippen molar-refractivity contribution in [2.75, 3.05) is 13.2 Å². The lowest BCUT2D eigenvalue weighted by molar-refractivity contribution is 0.243. The molecule has 0 unspecified atom stereocenters. The molecule has 3 heteroatoms. The molecule has 0 amide bonds. The van der Waals surface area contributed by atoms with Gasteiger partial charge < -0.3 is 10.1 Å². The molecule has 1 saturated carbocycles. The van der Waals surface area contributed by atoms with Gasteiger partial charge in [0.05, 0.1) is 6.61 Å². The van der Waals surface area contributed by atoms with E-state index in [0.717, 1.165) is 31.5 Å². The maximum Gasteiger partial charge on any atom is 0.213 e. The van der Waals surface area contributed by atoms with Crippen LogP contribution < -0.4 is 10.1 Å². The van der Waals surface area contributed by atoms with Gasteiger partial charge in [0.15, 0.2) is 0 Å². The van der Waals surface area contributed by atoms with E-state index in [1.165, 1.54) is 31.2 Å². The number of rotatable bonds is 6. The molecule has 0 saturated heterocycles. The molecule has 0 bridgehead atoms. The summed E-state index contributed by atoms with van der Waals surface area (Å²) in [5.41, 5.74) is 1.24. The molecule has 0 aliphatic heterocycles. The van der Waals surface area contributed by atoms with Crippen molar-refractivity contribution in [3.63, 3.8) is 0 Å². The Balaban J connectivity index is 1.82. The molecule has 0 aromatic carbocycles. The molecule has 2 rings (SSSR count). The van der Waals surface area contributed by atoms with E-state index in [2.05, 4.69) is 17.2 Å². The van der Waals surface area contributed by atoms with Crippen molar-refractivity contribution in [3.8, 4) is 5.88 Å². The predicted octanol–water partition coefficient (Wildman–Crippen LogP) is 2.76. The summed E-state index contributed by atoms with van der Waals surface area (Å²) in [7, 11) is 0. The van der Waals surface area contributed by atoms with Gasteiger partial charge in [-0.1, -0.05) is 19.8 Å². The maximum absolute atomic E-state index is 5.77. The Hall–Kier alpha value is -1.09. The average Bonchev–Trinajstić information content (AvgIpc) is 2.87. The molecule has 94 valence electrons. The van der Waals surface area contributed by atoms with Crippen molar-refractivity contribution in [1.82, 2.24) is 10.3 Å². The third kappa shape index (κ3) is 4.00. The second-order valence-electron chi connectivity index (χ2n) is 4.74. The summed E-state index contributed by atoms with van der Waals surface area (Å²) in [5, 5.41) is 3.31. The van der Waals surface area contributed by atoms with Gasteiger partial charge in [-0.3, -0.25) is 0 Å². The zero-order valence-corrected chi connectivity index (χ0v) is 10.6. The quantitative estimate of drug-likeness (QED) is 0.822. The largest absolute Gasteiger partial charge is 0.477 e. The molecule has 1 aliphatic rings. The summed E-state index contributed by atoms with van der Waals surface area (Å²) in [6, 6.07) is 4.07. The van der Waals surface area contributed by atoms with Crippen molar-refractivity contribution >= 4 is 0 Å². The van der Waals surface area contributed by atoms with Crippen molar-refractivity contribution < 1.29 is 4.74 Å². The monoisotopic (exact) mass is 234 g/mol. The van der Waals surface area contributed by atoms with Crippen molar-refractivity contribution in [3.05, 3.63) is 23.9 Å². The zero-order valence-electron chi connectivity index (χ0n) is 10.6. The topological polar surface area (TPSA) is 34.2 Å². The van der Waals surface area contributed by atoms with E-state index in [1.54, 1.807) is 0 Å². The van der Waals surface area contributed by atoms with Crippen LogP contribution in [0.4, 0.5) is 0 Å². The minimum Gasteiger partial charge on any atom is -0.477 e. The molecule has 1 N–H and O–H groups in total. The highest BCUT2D eigenvalue weighted by Gasteiger charge is 2.15. The predicted molar refractivity (Wildman–Crippen MR) is 69.1 cm³/mol. The smallest absolute Gasteiger partial charge is 0.213 e. The normalized spacial score (nSPS) is 16.3. The number of pyridine rings is 1. The van der Waals surface area contributed by atoms with Gasteiger partial charge in [-0.05, 0) is 36.9 Å². The van der Waals surface area contributed by atoms with Crippen LogP contribution >= 0.6 is 0 Å². The Labute approximate surface area is 104 Å². The van der Waals surface area contributed by atoms with Gasteiger partial charge in [-0.25, -0.2) is 4.98 Å². The first-order valence-electron chi connectivity index (χ1n) is 6.67. The van der Waals surface area contributed by atoms with E-state index in [4.69, 9.17) is 4.74 Å². The van der Waals surface area contributed by atoms with Gasteiger partial charge in [0.2, 0.25) is 5.88 Å². The van der Waals surface area contributed by atoms with Crippen LogP contribution in [-0.2, 0) is 6.54 Å². The van der Waals surface area contributed by atoms with Gasteiger partial charge in [0, 0.05) is 18.8 Å². The van der Waals surface area contributed by atoms with E-state index in [-0.39, 0.29) is 0 Å². The van der Waals surface area contributed by atoms with Crippen LogP contribution in [0.1, 0.15) is 38.2 Å². The minimum absolute atomic E-state index is 0.745. The molecule has 1 aromatic rings. The second kappa shape index (κ2) is 6.60. The van der Waals surface area contributed by atoms with Crippen LogP contribution in [0.25, 0.3) is 0 Å². The standard InChI is InChI=1S/C14H22N2O/c1-2-15-10-13-7-8-16-14(9-13)17-11-12-5-3-4-6-12/h7-9,12,15H,2-6,10-11H2,1H3. The summed E-state index contributed by atoms with van der Waals surface area (Å²) < 4.78 is 5.77. The molecular weight excluding hydrogens is 212 g/mol. The average molecular weight is 234 g/mol.